The number of carbonyl (C=O) groups is 3. The summed E-state index contributed by atoms with van der Waals surface area (Å²) in [6.07, 6.45) is 4.50. The molecule has 5 atom stereocenters. The van der Waals surface area contributed by atoms with Crippen molar-refractivity contribution in [3.63, 3.8) is 0 Å². The van der Waals surface area contributed by atoms with Crippen LogP contribution in [0.5, 0.6) is 0 Å². The average molecular weight is 442 g/mol. The van der Waals surface area contributed by atoms with Gasteiger partial charge in [0.1, 0.15) is 17.5 Å². The van der Waals surface area contributed by atoms with Gasteiger partial charge in [-0.05, 0) is 38.5 Å². The normalized spacial score (nSPS) is 30.4. The molecular weight excluding hydrogens is 413 g/mol. The minimum Gasteiger partial charge on any atom is -0.359 e. The summed E-state index contributed by atoms with van der Waals surface area (Å²) in [4.78, 5) is 41.3. The quantitative estimate of drug-likeness (QED) is 0.658. The minimum atomic E-state index is -1.20. The van der Waals surface area contributed by atoms with E-state index in [9.17, 15) is 18.8 Å². The lowest BCUT2D eigenvalue weighted by Crippen LogP contribution is -2.57. The van der Waals surface area contributed by atoms with E-state index in [1.807, 2.05) is 20.8 Å². The Morgan fingerprint density at radius 3 is 2.56 bits per heavy atom. The van der Waals surface area contributed by atoms with Gasteiger partial charge in [0.25, 0.3) is 0 Å². The highest BCUT2D eigenvalue weighted by atomic mass is 19.1. The Bertz CT molecular complexity index is 984. The van der Waals surface area contributed by atoms with Crippen molar-refractivity contribution in [3.05, 3.63) is 60.5 Å². The first-order valence-electron chi connectivity index (χ1n) is 10.7. The summed E-state index contributed by atoms with van der Waals surface area (Å²) in [5.41, 5.74) is -0.957. The molecule has 7 nitrogen and oxygen atoms in total. The molecule has 8 heteroatoms. The first-order valence-corrected chi connectivity index (χ1v) is 10.7. The summed E-state index contributed by atoms with van der Waals surface area (Å²) in [6.45, 7) is 9.68. The Kier molecular flexibility index (Phi) is 5.45. The molecule has 1 spiro atoms. The van der Waals surface area contributed by atoms with Gasteiger partial charge >= 0.3 is 0 Å². The van der Waals surface area contributed by atoms with Gasteiger partial charge in [-0.25, -0.2) is 4.39 Å². The third kappa shape index (κ3) is 3.62. The lowest BCUT2D eigenvalue weighted by molar-refractivity contribution is -0.141. The molecule has 32 heavy (non-hydrogen) atoms. The van der Waals surface area contributed by atoms with Gasteiger partial charge in [-0.2, -0.15) is 0 Å². The summed E-state index contributed by atoms with van der Waals surface area (Å²) >= 11 is 0. The van der Waals surface area contributed by atoms with Gasteiger partial charge in [0.2, 0.25) is 17.7 Å². The second-order valence-electron chi connectivity index (χ2n) is 9.56. The number of ether oxygens (including phenoxy) is 1. The third-order valence-corrected chi connectivity index (χ3v) is 6.13. The van der Waals surface area contributed by atoms with E-state index in [1.165, 1.54) is 17.0 Å². The lowest BCUT2D eigenvalue weighted by Gasteiger charge is -2.34. The number of nitrogens with zero attached hydrogens (tertiary/aromatic N) is 1. The summed E-state index contributed by atoms with van der Waals surface area (Å²) in [7, 11) is 0. The molecule has 3 amide bonds. The van der Waals surface area contributed by atoms with Gasteiger partial charge in [0, 0.05) is 18.6 Å². The van der Waals surface area contributed by atoms with Crippen LogP contribution in [0, 0.1) is 17.7 Å². The van der Waals surface area contributed by atoms with E-state index in [0.717, 1.165) is 5.56 Å². The number of carbonyl (C=O) groups excluding carboxylic acids is 3. The number of likely N-dealkylation sites (tertiary alicyclic amines) is 1. The molecule has 0 aromatic heterocycles. The van der Waals surface area contributed by atoms with E-state index in [-0.39, 0.29) is 36.6 Å². The molecule has 0 radical (unpaired) electrons. The fraction of sp³-hybridized carbons (Fsp3) is 0.458. The average Bonchev–Trinajstić information content (AvgIpc) is 3.34. The molecule has 0 aliphatic carbocycles. The van der Waals surface area contributed by atoms with Crippen LogP contribution >= 0.6 is 0 Å². The molecule has 2 N–H and O–H groups in total. The molecule has 5 unspecified atom stereocenters. The topological polar surface area (TPSA) is 87.7 Å². The van der Waals surface area contributed by atoms with E-state index >= 15 is 0 Å². The van der Waals surface area contributed by atoms with Gasteiger partial charge in [0.05, 0.1) is 17.9 Å². The van der Waals surface area contributed by atoms with Crippen LogP contribution in [0.15, 0.2) is 49.1 Å². The Balaban J connectivity index is 1.60. The first-order chi connectivity index (χ1) is 15.1. The van der Waals surface area contributed by atoms with E-state index in [1.54, 1.807) is 30.4 Å². The van der Waals surface area contributed by atoms with Crippen LogP contribution in [0.1, 0.15) is 26.3 Å². The van der Waals surface area contributed by atoms with Crippen LogP contribution in [0.3, 0.4) is 0 Å². The highest BCUT2D eigenvalue weighted by Crippen LogP contribution is 2.55. The molecule has 2 saturated heterocycles. The van der Waals surface area contributed by atoms with Gasteiger partial charge in [0.15, 0.2) is 0 Å². The predicted octanol–water partition coefficient (Wildman–Crippen LogP) is 1.69. The van der Waals surface area contributed by atoms with E-state index in [0.29, 0.717) is 0 Å². The van der Waals surface area contributed by atoms with Gasteiger partial charge in [-0.15, -0.1) is 6.58 Å². The number of hydrogen-bond donors (Lipinski definition) is 2. The molecule has 3 aliphatic rings. The Hall–Kier alpha value is -3.00. The zero-order chi connectivity index (χ0) is 23.3. The second kappa shape index (κ2) is 7.85. The van der Waals surface area contributed by atoms with Gasteiger partial charge in [-0.3, -0.25) is 14.4 Å². The Morgan fingerprint density at radius 1 is 1.25 bits per heavy atom. The zero-order valence-corrected chi connectivity index (χ0v) is 18.4. The van der Waals surface area contributed by atoms with Crippen molar-refractivity contribution in [2.45, 2.75) is 50.6 Å². The van der Waals surface area contributed by atoms with Crippen molar-refractivity contribution in [2.75, 3.05) is 6.54 Å². The highest BCUT2D eigenvalue weighted by molar-refractivity contribution is 6.00. The molecule has 1 aromatic rings. The number of halogens is 1. The maximum absolute atomic E-state index is 13.4. The van der Waals surface area contributed by atoms with Crippen LogP contribution in [0.2, 0.25) is 0 Å². The summed E-state index contributed by atoms with van der Waals surface area (Å²) in [5.74, 6) is -2.87. The van der Waals surface area contributed by atoms with Gasteiger partial charge < -0.3 is 20.3 Å². The van der Waals surface area contributed by atoms with Crippen LogP contribution in [0.4, 0.5) is 4.39 Å². The Morgan fingerprint density at radius 2 is 1.94 bits per heavy atom. The van der Waals surface area contributed by atoms with Crippen molar-refractivity contribution in [3.8, 4) is 0 Å². The molecule has 0 saturated carbocycles. The maximum Gasteiger partial charge on any atom is 0.246 e. The maximum atomic E-state index is 13.4. The molecule has 3 heterocycles. The number of hydrogen-bond acceptors (Lipinski definition) is 4. The zero-order valence-electron chi connectivity index (χ0n) is 18.4. The molecule has 2 fully saturated rings. The van der Waals surface area contributed by atoms with Crippen molar-refractivity contribution in [2.24, 2.45) is 11.8 Å². The van der Waals surface area contributed by atoms with Gasteiger partial charge in [-0.1, -0.05) is 30.4 Å². The van der Waals surface area contributed by atoms with E-state index < -0.39 is 35.1 Å². The van der Waals surface area contributed by atoms with Crippen molar-refractivity contribution >= 4 is 17.7 Å². The fourth-order valence-corrected chi connectivity index (χ4v) is 4.95. The smallest absolute Gasteiger partial charge is 0.246 e. The second-order valence-corrected chi connectivity index (χ2v) is 9.56. The van der Waals surface area contributed by atoms with Crippen molar-refractivity contribution < 1.29 is 23.5 Å². The number of fused-ring (bicyclic) bond motifs is 1. The Labute approximate surface area is 186 Å². The molecular formula is C24H28FN3O4. The van der Waals surface area contributed by atoms with Crippen molar-refractivity contribution in [1.29, 1.82) is 0 Å². The summed E-state index contributed by atoms with van der Waals surface area (Å²) in [6, 6.07) is 4.94. The van der Waals surface area contributed by atoms with E-state index in [2.05, 4.69) is 17.2 Å². The first kappa shape index (κ1) is 22.2. The van der Waals surface area contributed by atoms with Crippen LogP contribution < -0.4 is 10.6 Å². The molecule has 4 rings (SSSR count). The summed E-state index contributed by atoms with van der Waals surface area (Å²) in [5, 5.41) is 5.78. The fourth-order valence-electron chi connectivity index (χ4n) is 4.95. The molecule has 2 bridgehead atoms. The van der Waals surface area contributed by atoms with Crippen molar-refractivity contribution in [1.82, 2.24) is 15.5 Å². The standard InChI is InChI=1S/C24H28FN3O4/c1-5-12-28-19(21(30)27-23(2,3)4)24-11-10-16(32-24)17(18(24)22(28)31)20(29)26-13-14-6-8-15(25)9-7-14/h5-11,16-19H,1,12-13H2,2-4H3,(H,26,29)(H,27,30). The minimum absolute atomic E-state index is 0.172. The SMILES string of the molecule is C=CCN1C(=O)C2C(C(=O)NCc3ccc(F)cc3)C3C=CC2(O3)C1C(=O)NC(C)(C)C. The number of nitrogens with one attached hydrogen (secondary N) is 2. The van der Waals surface area contributed by atoms with E-state index in [4.69, 9.17) is 4.74 Å². The summed E-state index contributed by atoms with van der Waals surface area (Å²) < 4.78 is 19.3. The monoisotopic (exact) mass is 441 g/mol. The molecule has 170 valence electrons. The largest absolute Gasteiger partial charge is 0.359 e. The van der Waals surface area contributed by atoms with Crippen LogP contribution in [0.25, 0.3) is 0 Å². The number of rotatable bonds is 6. The highest BCUT2D eigenvalue weighted by Gasteiger charge is 2.72. The van der Waals surface area contributed by atoms with Crippen LogP contribution in [-0.4, -0.2) is 52.5 Å². The predicted molar refractivity (Wildman–Crippen MR) is 116 cm³/mol. The molecule has 1 aromatic carbocycles. The van der Waals surface area contributed by atoms with Crippen LogP contribution in [-0.2, 0) is 25.7 Å². The third-order valence-electron chi connectivity index (χ3n) is 6.13. The molecule has 3 aliphatic heterocycles. The number of amides is 3. The lowest BCUT2D eigenvalue weighted by atomic mass is 9.74. The number of benzene rings is 1.